The van der Waals surface area contributed by atoms with Crippen molar-refractivity contribution in [2.45, 2.75) is 18.7 Å². The predicted molar refractivity (Wildman–Crippen MR) is 104 cm³/mol. The summed E-state index contributed by atoms with van der Waals surface area (Å²) < 4.78 is 26.5. The van der Waals surface area contributed by atoms with Gasteiger partial charge in [-0.15, -0.1) is 0 Å². The van der Waals surface area contributed by atoms with Gasteiger partial charge in [-0.25, -0.2) is 8.42 Å². The van der Waals surface area contributed by atoms with Gasteiger partial charge in [0.05, 0.1) is 10.6 Å². The smallest absolute Gasteiger partial charge is 0.269 e. The molecule has 0 aliphatic rings. The molecule has 0 unspecified atom stereocenters. The molecule has 0 saturated carbocycles. The average Bonchev–Trinajstić information content (AvgIpc) is 2.67. The topological polar surface area (TPSA) is 98.7 Å². The summed E-state index contributed by atoms with van der Waals surface area (Å²) in [5, 5.41) is 9.80. The van der Waals surface area contributed by atoms with Gasteiger partial charge in [0.2, 0.25) is 10.0 Å². The fourth-order valence-corrected chi connectivity index (χ4v) is 4.02. The fraction of sp³-hybridized carbons (Fsp3) is 0.211. The molecule has 2 aromatic carbocycles. The van der Waals surface area contributed by atoms with E-state index in [9.17, 15) is 18.3 Å². The van der Waals surface area contributed by atoms with E-state index in [-0.39, 0.29) is 16.2 Å². The maximum absolute atomic E-state index is 12.6. The first-order valence-electron chi connectivity index (χ1n) is 8.45. The van der Waals surface area contributed by atoms with Gasteiger partial charge in [-0.3, -0.25) is 15.6 Å². The normalized spacial score (nSPS) is 11.2. The Labute approximate surface area is 159 Å². The molecular formula is C19H23N3O4S. The van der Waals surface area contributed by atoms with Crippen molar-refractivity contribution in [3.05, 3.63) is 66.2 Å². The Morgan fingerprint density at radius 1 is 1.07 bits per heavy atom. The van der Waals surface area contributed by atoms with E-state index in [1.54, 1.807) is 32.0 Å². The SMILES string of the molecule is C=C(NNC(=O)c1cccc(S(=O)(=O)N(CC)CC)c1)c1ccccc1O. The summed E-state index contributed by atoms with van der Waals surface area (Å²) in [6, 6.07) is 12.4. The maximum atomic E-state index is 12.6. The summed E-state index contributed by atoms with van der Waals surface area (Å²) in [4.78, 5) is 12.4. The number of benzene rings is 2. The summed E-state index contributed by atoms with van der Waals surface area (Å²) in [6.45, 7) is 7.97. The lowest BCUT2D eigenvalue weighted by atomic mass is 10.1. The zero-order chi connectivity index (χ0) is 20.0. The van der Waals surface area contributed by atoms with Gasteiger partial charge in [-0.1, -0.05) is 38.6 Å². The number of hydrogen-bond acceptors (Lipinski definition) is 5. The fourth-order valence-electron chi connectivity index (χ4n) is 2.51. The molecule has 0 atom stereocenters. The van der Waals surface area contributed by atoms with E-state index in [1.165, 1.54) is 34.6 Å². The van der Waals surface area contributed by atoms with Gasteiger partial charge in [-0.2, -0.15) is 4.31 Å². The number of para-hydroxylation sites is 1. The second-order valence-electron chi connectivity index (χ2n) is 5.69. The Morgan fingerprint density at radius 2 is 1.74 bits per heavy atom. The minimum atomic E-state index is -3.65. The molecule has 2 rings (SSSR count). The van der Waals surface area contributed by atoms with Crippen LogP contribution in [0.3, 0.4) is 0 Å². The standard InChI is InChI=1S/C19H23N3O4S/c1-4-22(5-2)27(25,26)16-10-8-9-15(13-16)19(24)21-20-14(3)17-11-6-7-12-18(17)23/h6-13,20,23H,3-5H2,1-2H3,(H,21,24). The van der Waals surface area contributed by atoms with Gasteiger partial charge in [-0.05, 0) is 30.3 Å². The Balaban J connectivity index is 2.14. The molecule has 2 aromatic rings. The first kappa shape index (κ1) is 20.5. The monoisotopic (exact) mass is 389 g/mol. The zero-order valence-electron chi connectivity index (χ0n) is 15.3. The van der Waals surface area contributed by atoms with Crippen LogP contribution in [0.5, 0.6) is 5.75 Å². The number of aromatic hydroxyl groups is 1. The summed E-state index contributed by atoms with van der Waals surface area (Å²) in [6.07, 6.45) is 0. The number of nitrogens with one attached hydrogen (secondary N) is 2. The van der Waals surface area contributed by atoms with Crippen molar-refractivity contribution in [1.29, 1.82) is 0 Å². The van der Waals surface area contributed by atoms with Crippen LogP contribution in [0.15, 0.2) is 60.0 Å². The Morgan fingerprint density at radius 3 is 2.37 bits per heavy atom. The van der Waals surface area contributed by atoms with Gasteiger partial charge < -0.3 is 5.11 Å². The molecule has 7 nitrogen and oxygen atoms in total. The van der Waals surface area contributed by atoms with Gasteiger partial charge in [0.15, 0.2) is 0 Å². The van der Waals surface area contributed by atoms with Crippen LogP contribution in [0.1, 0.15) is 29.8 Å². The molecule has 3 N–H and O–H groups in total. The largest absolute Gasteiger partial charge is 0.507 e. The predicted octanol–water partition coefficient (Wildman–Crippen LogP) is 2.33. The first-order chi connectivity index (χ1) is 12.8. The summed E-state index contributed by atoms with van der Waals surface area (Å²) in [5.74, 6) is -0.500. The molecule has 1 amide bonds. The molecule has 0 aliphatic carbocycles. The highest BCUT2D eigenvalue weighted by molar-refractivity contribution is 7.89. The average molecular weight is 389 g/mol. The number of hydrogen-bond donors (Lipinski definition) is 3. The number of amides is 1. The first-order valence-corrected chi connectivity index (χ1v) is 9.89. The molecule has 8 heteroatoms. The van der Waals surface area contributed by atoms with Crippen LogP contribution >= 0.6 is 0 Å². The summed E-state index contributed by atoms with van der Waals surface area (Å²) in [7, 11) is -3.65. The summed E-state index contributed by atoms with van der Waals surface area (Å²) in [5.41, 5.74) is 6.00. The number of phenols is 1. The molecule has 0 radical (unpaired) electrons. The molecule has 144 valence electrons. The van der Waals surface area contributed by atoms with Crippen molar-refractivity contribution in [3.8, 4) is 5.75 Å². The van der Waals surface area contributed by atoms with Crippen LogP contribution in [0.25, 0.3) is 5.70 Å². The number of hydrazine groups is 1. The van der Waals surface area contributed by atoms with Crippen molar-refractivity contribution in [1.82, 2.24) is 15.2 Å². The Bertz CT molecular complexity index is 937. The van der Waals surface area contributed by atoms with E-state index in [0.717, 1.165) is 0 Å². The number of carbonyl (C=O) groups is 1. The lowest BCUT2D eigenvalue weighted by molar-refractivity contribution is 0.0942. The summed E-state index contributed by atoms with van der Waals surface area (Å²) >= 11 is 0. The molecule has 0 saturated heterocycles. The van der Waals surface area contributed by atoms with Crippen molar-refractivity contribution in [3.63, 3.8) is 0 Å². The van der Waals surface area contributed by atoms with Crippen LogP contribution in [0, 0.1) is 0 Å². The molecule has 0 aromatic heterocycles. The molecule has 27 heavy (non-hydrogen) atoms. The Kier molecular flexibility index (Phi) is 6.59. The third-order valence-corrected chi connectivity index (χ3v) is 6.04. The van der Waals surface area contributed by atoms with E-state index < -0.39 is 15.9 Å². The quantitative estimate of drug-likeness (QED) is 0.602. The molecular weight excluding hydrogens is 366 g/mol. The maximum Gasteiger partial charge on any atom is 0.269 e. The second kappa shape index (κ2) is 8.70. The molecule has 0 heterocycles. The van der Waals surface area contributed by atoms with E-state index in [0.29, 0.717) is 24.4 Å². The minimum absolute atomic E-state index is 0.0246. The van der Waals surface area contributed by atoms with E-state index in [2.05, 4.69) is 17.4 Å². The second-order valence-corrected chi connectivity index (χ2v) is 7.63. The van der Waals surface area contributed by atoms with Crippen LogP contribution in [-0.4, -0.2) is 36.8 Å². The highest BCUT2D eigenvalue weighted by Crippen LogP contribution is 2.21. The Hall–Kier alpha value is -2.84. The highest BCUT2D eigenvalue weighted by Gasteiger charge is 2.22. The van der Waals surface area contributed by atoms with E-state index in [4.69, 9.17) is 0 Å². The van der Waals surface area contributed by atoms with Gasteiger partial charge >= 0.3 is 0 Å². The van der Waals surface area contributed by atoms with Gasteiger partial charge in [0, 0.05) is 24.2 Å². The number of nitrogens with zero attached hydrogens (tertiary/aromatic N) is 1. The molecule has 0 fully saturated rings. The van der Waals surface area contributed by atoms with Gasteiger partial charge in [0.25, 0.3) is 5.91 Å². The lowest BCUT2D eigenvalue weighted by Crippen LogP contribution is -2.36. The molecule has 0 aliphatic heterocycles. The van der Waals surface area contributed by atoms with Crippen molar-refractivity contribution in [2.24, 2.45) is 0 Å². The van der Waals surface area contributed by atoms with Crippen LogP contribution in [0.4, 0.5) is 0 Å². The van der Waals surface area contributed by atoms with Crippen LogP contribution in [-0.2, 0) is 10.0 Å². The number of rotatable bonds is 8. The van der Waals surface area contributed by atoms with Crippen LogP contribution < -0.4 is 10.9 Å². The zero-order valence-corrected chi connectivity index (χ0v) is 16.1. The van der Waals surface area contributed by atoms with E-state index >= 15 is 0 Å². The molecule has 0 spiro atoms. The number of phenolic OH excluding ortho intramolecular Hbond substituents is 1. The highest BCUT2D eigenvalue weighted by atomic mass is 32.2. The van der Waals surface area contributed by atoms with Crippen molar-refractivity contribution in [2.75, 3.05) is 13.1 Å². The van der Waals surface area contributed by atoms with Crippen molar-refractivity contribution >= 4 is 21.6 Å². The third kappa shape index (κ3) is 4.66. The minimum Gasteiger partial charge on any atom is -0.507 e. The van der Waals surface area contributed by atoms with Crippen molar-refractivity contribution < 1.29 is 18.3 Å². The lowest BCUT2D eigenvalue weighted by Gasteiger charge is -2.19. The van der Waals surface area contributed by atoms with E-state index in [1.807, 2.05) is 0 Å². The number of carbonyl (C=O) groups excluding carboxylic acids is 1. The van der Waals surface area contributed by atoms with Gasteiger partial charge in [0.1, 0.15) is 5.75 Å². The molecule has 0 bridgehead atoms. The third-order valence-electron chi connectivity index (χ3n) is 4.00. The van der Waals surface area contributed by atoms with Crippen LogP contribution in [0.2, 0.25) is 0 Å². The number of sulfonamides is 1.